The summed E-state index contributed by atoms with van der Waals surface area (Å²) in [6.45, 7) is 4.59. The van der Waals surface area contributed by atoms with Crippen LogP contribution in [0.2, 0.25) is 0 Å². The summed E-state index contributed by atoms with van der Waals surface area (Å²) in [6, 6.07) is 0. The molecular weight excluding hydrogens is 234 g/mol. The fourth-order valence-electron chi connectivity index (χ4n) is 1.57. The van der Waals surface area contributed by atoms with Crippen LogP contribution in [0.3, 0.4) is 0 Å². The molecular formula is C11H15N5S. The van der Waals surface area contributed by atoms with Crippen molar-refractivity contribution in [3.05, 3.63) is 25.3 Å². The van der Waals surface area contributed by atoms with Crippen LogP contribution in [0.25, 0.3) is 11.2 Å². The summed E-state index contributed by atoms with van der Waals surface area (Å²) in [7, 11) is 0. The largest absolute Gasteiger partial charge is 0.382 e. The minimum absolute atomic E-state index is 0.440. The van der Waals surface area contributed by atoms with Crippen molar-refractivity contribution in [1.82, 2.24) is 19.5 Å². The average Bonchev–Trinajstić information content (AvgIpc) is 2.74. The fraction of sp³-hybridized carbons (Fsp3) is 0.364. The van der Waals surface area contributed by atoms with Crippen LogP contribution in [-0.2, 0) is 6.54 Å². The van der Waals surface area contributed by atoms with Gasteiger partial charge in [-0.15, -0.1) is 6.58 Å². The van der Waals surface area contributed by atoms with Crippen molar-refractivity contribution in [3.8, 4) is 0 Å². The molecule has 90 valence electrons. The van der Waals surface area contributed by atoms with Crippen LogP contribution in [0.5, 0.6) is 0 Å². The fourth-order valence-corrected chi connectivity index (χ4v) is 2.23. The molecule has 2 N–H and O–H groups in total. The molecule has 6 heteroatoms. The molecule has 17 heavy (non-hydrogen) atoms. The summed E-state index contributed by atoms with van der Waals surface area (Å²) in [6.07, 6.45) is 6.25. The van der Waals surface area contributed by atoms with Gasteiger partial charge < -0.3 is 10.3 Å². The molecule has 2 rings (SSSR count). The second-order valence-corrected chi connectivity index (χ2v) is 4.74. The van der Waals surface area contributed by atoms with Gasteiger partial charge in [0.15, 0.2) is 11.5 Å². The van der Waals surface area contributed by atoms with Gasteiger partial charge in [0, 0.05) is 12.3 Å². The van der Waals surface area contributed by atoms with Crippen molar-refractivity contribution in [1.29, 1.82) is 0 Å². The van der Waals surface area contributed by atoms with Crippen molar-refractivity contribution in [3.63, 3.8) is 0 Å². The van der Waals surface area contributed by atoms with Crippen LogP contribution < -0.4 is 5.73 Å². The van der Waals surface area contributed by atoms with E-state index in [-0.39, 0.29) is 0 Å². The van der Waals surface area contributed by atoms with E-state index in [1.807, 2.05) is 22.4 Å². The Balaban J connectivity index is 1.99. The quantitative estimate of drug-likeness (QED) is 0.623. The minimum Gasteiger partial charge on any atom is -0.382 e. The third-order valence-corrected chi connectivity index (χ3v) is 3.40. The van der Waals surface area contributed by atoms with E-state index < -0.39 is 0 Å². The lowest BCUT2D eigenvalue weighted by molar-refractivity contribution is 0.696. The van der Waals surface area contributed by atoms with Crippen LogP contribution in [0, 0.1) is 0 Å². The highest BCUT2D eigenvalue weighted by Gasteiger charge is 2.06. The molecule has 0 spiro atoms. The smallest absolute Gasteiger partial charge is 0.165 e. The number of hydrogen-bond donors (Lipinski definition) is 1. The van der Waals surface area contributed by atoms with Gasteiger partial charge in [0.2, 0.25) is 0 Å². The third kappa shape index (κ3) is 2.76. The van der Waals surface area contributed by atoms with Crippen LogP contribution >= 0.6 is 11.8 Å². The zero-order chi connectivity index (χ0) is 12.1. The van der Waals surface area contributed by atoms with Crippen molar-refractivity contribution in [2.24, 2.45) is 0 Å². The molecule has 0 aliphatic rings. The molecule has 0 radical (unpaired) electrons. The Morgan fingerprint density at radius 1 is 1.41 bits per heavy atom. The summed E-state index contributed by atoms with van der Waals surface area (Å²) < 4.78 is 2.02. The number of nitrogen functional groups attached to an aromatic ring is 1. The number of anilines is 1. The van der Waals surface area contributed by atoms with Crippen LogP contribution in [0.15, 0.2) is 25.3 Å². The number of thioether (sulfide) groups is 1. The molecule has 0 aromatic carbocycles. The molecule has 2 aromatic rings. The van der Waals surface area contributed by atoms with Gasteiger partial charge in [-0.05, 0) is 12.2 Å². The van der Waals surface area contributed by atoms with Crippen molar-refractivity contribution >= 4 is 28.7 Å². The molecule has 0 amide bonds. The first-order valence-electron chi connectivity index (χ1n) is 5.43. The average molecular weight is 249 g/mol. The van der Waals surface area contributed by atoms with E-state index in [2.05, 4.69) is 21.5 Å². The zero-order valence-corrected chi connectivity index (χ0v) is 10.4. The van der Waals surface area contributed by atoms with E-state index >= 15 is 0 Å². The standard InChI is InChI=1S/C11H15N5S/c1-2-5-17-6-3-4-16-8-15-9-10(12)13-7-14-11(9)16/h2,7-8H,1,3-6H2,(H2,12,13,14). The van der Waals surface area contributed by atoms with Gasteiger partial charge in [-0.3, -0.25) is 0 Å². The molecule has 5 nitrogen and oxygen atoms in total. The lowest BCUT2D eigenvalue weighted by Crippen LogP contribution is -2.00. The first-order valence-corrected chi connectivity index (χ1v) is 6.58. The molecule has 2 aromatic heterocycles. The second kappa shape index (κ2) is 5.67. The maximum atomic E-state index is 5.72. The molecule has 0 fully saturated rings. The number of nitrogens with zero attached hydrogens (tertiary/aromatic N) is 4. The normalized spacial score (nSPS) is 10.8. The maximum Gasteiger partial charge on any atom is 0.165 e. The molecule has 0 unspecified atom stereocenters. The Hall–Kier alpha value is -1.56. The predicted molar refractivity (Wildman–Crippen MR) is 71.9 cm³/mol. The number of aromatic nitrogens is 4. The summed E-state index contributed by atoms with van der Waals surface area (Å²) in [5, 5.41) is 0. The monoisotopic (exact) mass is 249 g/mol. The van der Waals surface area contributed by atoms with Crippen molar-refractivity contribution < 1.29 is 0 Å². The SMILES string of the molecule is C=CCSCCCn1cnc2c(N)ncnc21. The van der Waals surface area contributed by atoms with Gasteiger partial charge in [0.1, 0.15) is 11.8 Å². The molecule has 2 heterocycles. The number of imidazole rings is 1. The van der Waals surface area contributed by atoms with E-state index in [4.69, 9.17) is 5.73 Å². The number of nitrogens with two attached hydrogens (primary N) is 1. The van der Waals surface area contributed by atoms with E-state index in [1.165, 1.54) is 6.33 Å². The Bertz CT molecular complexity index is 508. The molecule has 0 bridgehead atoms. The summed E-state index contributed by atoms with van der Waals surface area (Å²) in [4.78, 5) is 12.3. The van der Waals surface area contributed by atoms with Crippen molar-refractivity contribution in [2.45, 2.75) is 13.0 Å². The van der Waals surface area contributed by atoms with E-state index in [0.717, 1.165) is 30.1 Å². The lowest BCUT2D eigenvalue weighted by atomic mass is 10.4. The topological polar surface area (TPSA) is 69.6 Å². The first-order chi connectivity index (χ1) is 8.33. The molecule has 0 atom stereocenters. The molecule has 0 saturated heterocycles. The Kier molecular flexibility index (Phi) is 3.98. The van der Waals surface area contributed by atoms with Gasteiger partial charge in [-0.25, -0.2) is 15.0 Å². The minimum atomic E-state index is 0.440. The van der Waals surface area contributed by atoms with Crippen LogP contribution in [0.4, 0.5) is 5.82 Å². The second-order valence-electron chi connectivity index (χ2n) is 3.59. The summed E-state index contributed by atoms with van der Waals surface area (Å²) >= 11 is 1.87. The van der Waals surface area contributed by atoms with Gasteiger partial charge in [-0.2, -0.15) is 11.8 Å². The number of rotatable bonds is 6. The third-order valence-electron chi connectivity index (χ3n) is 2.35. The predicted octanol–water partition coefficient (Wildman–Crippen LogP) is 1.72. The van der Waals surface area contributed by atoms with Gasteiger partial charge in [0.25, 0.3) is 0 Å². The highest BCUT2D eigenvalue weighted by Crippen LogP contribution is 2.14. The maximum absolute atomic E-state index is 5.72. The summed E-state index contributed by atoms with van der Waals surface area (Å²) in [5.41, 5.74) is 7.22. The highest BCUT2D eigenvalue weighted by molar-refractivity contribution is 7.99. The van der Waals surface area contributed by atoms with E-state index in [0.29, 0.717) is 11.3 Å². The summed E-state index contributed by atoms with van der Waals surface area (Å²) in [5.74, 6) is 2.54. The van der Waals surface area contributed by atoms with Gasteiger partial charge in [-0.1, -0.05) is 6.08 Å². The number of hydrogen-bond acceptors (Lipinski definition) is 5. The van der Waals surface area contributed by atoms with E-state index in [1.54, 1.807) is 6.33 Å². The Labute approximate surface area is 104 Å². The number of aryl methyl sites for hydroxylation is 1. The first kappa shape index (κ1) is 11.9. The zero-order valence-electron chi connectivity index (χ0n) is 9.54. The van der Waals surface area contributed by atoms with Gasteiger partial charge >= 0.3 is 0 Å². The highest BCUT2D eigenvalue weighted by atomic mass is 32.2. The number of fused-ring (bicyclic) bond motifs is 1. The Morgan fingerprint density at radius 2 is 2.29 bits per heavy atom. The van der Waals surface area contributed by atoms with Crippen LogP contribution in [-0.4, -0.2) is 31.0 Å². The Morgan fingerprint density at radius 3 is 3.12 bits per heavy atom. The van der Waals surface area contributed by atoms with Gasteiger partial charge in [0.05, 0.1) is 6.33 Å². The molecule has 0 aliphatic carbocycles. The van der Waals surface area contributed by atoms with E-state index in [9.17, 15) is 0 Å². The molecule has 0 aliphatic heterocycles. The lowest BCUT2D eigenvalue weighted by Gasteiger charge is -2.02. The molecule has 0 saturated carbocycles. The van der Waals surface area contributed by atoms with Crippen molar-refractivity contribution in [2.75, 3.05) is 17.2 Å². The van der Waals surface area contributed by atoms with Crippen LogP contribution in [0.1, 0.15) is 6.42 Å².